The zero-order valence-electron chi connectivity index (χ0n) is 23.1. The molecular weight excluding hydrogens is 546 g/mol. The molecule has 13 nitrogen and oxygen atoms in total. The van der Waals surface area contributed by atoms with Crippen LogP contribution in [0.5, 0.6) is 5.75 Å². The summed E-state index contributed by atoms with van der Waals surface area (Å²) in [4.78, 5) is 27.1. The number of ether oxygens (including phenoxy) is 2. The van der Waals surface area contributed by atoms with E-state index in [4.69, 9.17) is 18.5 Å². The molecule has 4 rings (SSSR count). The summed E-state index contributed by atoms with van der Waals surface area (Å²) in [6.45, 7) is 5.56. The highest BCUT2D eigenvalue weighted by Gasteiger charge is 2.56. The molecule has 0 amide bonds. The average molecular weight is 581 g/mol. The van der Waals surface area contributed by atoms with Crippen LogP contribution in [0.2, 0.25) is 0 Å². The first-order valence-corrected chi connectivity index (χ1v) is 14.2. The van der Waals surface area contributed by atoms with Crippen molar-refractivity contribution in [3.8, 4) is 5.75 Å². The molecule has 1 unspecified atom stereocenters. The molecule has 2 N–H and O–H groups in total. The van der Waals surface area contributed by atoms with Gasteiger partial charge < -0.3 is 24.0 Å². The number of aliphatic hydroxyl groups is 1. The third kappa shape index (κ3) is 6.11. The SMILES string of the molecule is CCOC(=O)[C@@H](C)NP(=O)(OC[C@H]1O[C@@H](n2cnc3c(N(C)C)nc(C)nc32)[C@](C)(F)[C@@H]1O)Oc1ccccc1. The third-order valence-electron chi connectivity index (χ3n) is 6.28. The average Bonchev–Trinajstić information content (AvgIpc) is 3.40. The first kappa shape index (κ1) is 29.8. The van der Waals surface area contributed by atoms with E-state index in [0.29, 0.717) is 22.8 Å². The molecule has 0 radical (unpaired) electrons. The van der Waals surface area contributed by atoms with Crippen LogP contribution in [0.3, 0.4) is 0 Å². The van der Waals surface area contributed by atoms with Crippen LogP contribution in [-0.4, -0.2) is 81.8 Å². The summed E-state index contributed by atoms with van der Waals surface area (Å²) in [5, 5.41) is 13.4. The van der Waals surface area contributed by atoms with Gasteiger partial charge in [0.25, 0.3) is 0 Å². The molecule has 1 fully saturated rings. The number of nitrogens with one attached hydrogen (secondary N) is 1. The molecule has 0 saturated carbocycles. The Bertz CT molecular complexity index is 1390. The van der Waals surface area contributed by atoms with Gasteiger partial charge in [-0.15, -0.1) is 0 Å². The second-order valence-electron chi connectivity index (χ2n) is 9.74. The Morgan fingerprint density at radius 1 is 1.32 bits per heavy atom. The maximum absolute atomic E-state index is 16.0. The number of aryl methyl sites for hydroxylation is 1. The lowest BCUT2D eigenvalue weighted by molar-refractivity contribution is -0.144. The standard InChI is InChI=1S/C25H34FN6O7P/c1-7-36-23(34)15(2)30-40(35,39-17-11-9-8-10-12-17)37-13-18-20(33)25(4,26)24(38-18)32-14-27-19-21(31(5)6)28-16(3)29-22(19)32/h8-12,14-15,18,20,24,33H,7,13H2,1-6H3,(H,30,35)/t15-,18-,20-,24-,25-,40?/m1/s1. The number of alkyl halides is 1. The number of fused-ring (bicyclic) bond motifs is 1. The predicted octanol–water partition coefficient (Wildman–Crippen LogP) is 2.93. The maximum atomic E-state index is 16.0. The number of imidazole rings is 1. The monoisotopic (exact) mass is 580 g/mol. The van der Waals surface area contributed by atoms with Crippen molar-refractivity contribution in [3.05, 3.63) is 42.5 Å². The summed E-state index contributed by atoms with van der Waals surface area (Å²) in [6, 6.07) is 7.12. The van der Waals surface area contributed by atoms with Gasteiger partial charge in [-0.25, -0.2) is 23.9 Å². The summed E-state index contributed by atoms with van der Waals surface area (Å²) in [6.07, 6.45) is -2.91. The lowest BCUT2D eigenvalue weighted by atomic mass is 9.98. The minimum absolute atomic E-state index is 0.123. The van der Waals surface area contributed by atoms with Crippen molar-refractivity contribution in [1.29, 1.82) is 0 Å². The molecule has 218 valence electrons. The minimum Gasteiger partial charge on any atom is -0.465 e. The van der Waals surface area contributed by atoms with Crippen molar-refractivity contribution in [1.82, 2.24) is 24.6 Å². The van der Waals surface area contributed by atoms with Crippen LogP contribution in [0, 0.1) is 6.92 Å². The number of para-hydroxylation sites is 1. The molecule has 0 aliphatic carbocycles. The molecule has 0 bridgehead atoms. The Balaban J connectivity index is 1.58. The largest absolute Gasteiger partial charge is 0.465 e. The third-order valence-corrected chi connectivity index (χ3v) is 7.92. The fourth-order valence-electron chi connectivity index (χ4n) is 4.28. The van der Waals surface area contributed by atoms with E-state index in [2.05, 4.69) is 20.0 Å². The molecule has 1 aromatic carbocycles. The molecule has 1 saturated heterocycles. The Morgan fingerprint density at radius 3 is 2.67 bits per heavy atom. The van der Waals surface area contributed by atoms with E-state index >= 15 is 4.39 Å². The van der Waals surface area contributed by atoms with E-state index in [1.165, 1.54) is 24.7 Å². The summed E-state index contributed by atoms with van der Waals surface area (Å²) < 4.78 is 53.2. The van der Waals surface area contributed by atoms with E-state index in [0.717, 1.165) is 0 Å². The first-order chi connectivity index (χ1) is 18.9. The van der Waals surface area contributed by atoms with Crippen LogP contribution in [-0.2, 0) is 23.4 Å². The Morgan fingerprint density at radius 2 is 2.02 bits per heavy atom. The number of carbonyl (C=O) groups excluding carboxylic acids is 1. The number of anilines is 1. The molecule has 1 aliphatic heterocycles. The maximum Gasteiger partial charge on any atom is 0.459 e. The smallest absolute Gasteiger partial charge is 0.459 e. The Hall–Kier alpha value is -3.16. The number of hydrogen-bond donors (Lipinski definition) is 2. The van der Waals surface area contributed by atoms with Gasteiger partial charge >= 0.3 is 13.7 Å². The molecule has 2 aromatic heterocycles. The summed E-state index contributed by atoms with van der Waals surface area (Å²) in [7, 11) is -0.647. The van der Waals surface area contributed by atoms with Crippen LogP contribution < -0.4 is 14.5 Å². The first-order valence-electron chi connectivity index (χ1n) is 12.7. The van der Waals surface area contributed by atoms with Crippen LogP contribution in [0.25, 0.3) is 11.2 Å². The van der Waals surface area contributed by atoms with Gasteiger partial charge in [-0.2, -0.15) is 5.09 Å². The number of halogens is 1. The lowest BCUT2D eigenvalue weighted by Crippen LogP contribution is -2.41. The number of hydrogen-bond acceptors (Lipinski definition) is 11. The van der Waals surface area contributed by atoms with Gasteiger partial charge in [-0.3, -0.25) is 13.9 Å². The highest BCUT2D eigenvalue weighted by atomic mass is 31.2. The molecule has 40 heavy (non-hydrogen) atoms. The molecule has 1 aliphatic rings. The van der Waals surface area contributed by atoms with Gasteiger partial charge in [-0.1, -0.05) is 18.2 Å². The molecule has 0 spiro atoms. The van der Waals surface area contributed by atoms with E-state index in [1.54, 1.807) is 63.2 Å². The topological polar surface area (TPSA) is 150 Å². The molecule has 3 heterocycles. The fourth-order valence-corrected chi connectivity index (χ4v) is 5.78. The van der Waals surface area contributed by atoms with Gasteiger partial charge in [0.05, 0.1) is 19.5 Å². The van der Waals surface area contributed by atoms with Gasteiger partial charge in [0.2, 0.25) is 0 Å². The second-order valence-corrected chi connectivity index (χ2v) is 11.4. The predicted molar refractivity (Wildman–Crippen MR) is 144 cm³/mol. The van der Waals surface area contributed by atoms with E-state index < -0.39 is 50.5 Å². The molecule has 3 aromatic rings. The summed E-state index contributed by atoms with van der Waals surface area (Å²) >= 11 is 0. The summed E-state index contributed by atoms with van der Waals surface area (Å²) in [5.74, 6) is 0.517. The minimum atomic E-state index is -4.25. The summed E-state index contributed by atoms with van der Waals surface area (Å²) in [5.41, 5.74) is -1.56. The highest BCUT2D eigenvalue weighted by Crippen LogP contribution is 2.48. The fraction of sp³-hybridized carbons (Fsp3) is 0.520. The van der Waals surface area contributed by atoms with Gasteiger partial charge in [0.1, 0.15) is 29.8 Å². The molecule has 15 heteroatoms. The number of aromatic nitrogens is 4. The van der Waals surface area contributed by atoms with Crippen molar-refractivity contribution in [2.75, 3.05) is 32.2 Å². The zero-order chi connectivity index (χ0) is 29.2. The number of rotatable bonds is 11. The van der Waals surface area contributed by atoms with E-state index in [-0.39, 0.29) is 12.4 Å². The van der Waals surface area contributed by atoms with Crippen molar-refractivity contribution in [2.45, 2.75) is 57.8 Å². The Kier molecular flexibility index (Phi) is 8.76. The molecular formula is C25H34FN6O7P. The van der Waals surface area contributed by atoms with Crippen LogP contribution in [0.1, 0.15) is 32.8 Å². The van der Waals surface area contributed by atoms with Crippen LogP contribution in [0.15, 0.2) is 36.7 Å². The second kappa shape index (κ2) is 11.8. The van der Waals surface area contributed by atoms with Crippen LogP contribution in [0.4, 0.5) is 10.2 Å². The van der Waals surface area contributed by atoms with Crippen molar-refractivity contribution in [2.24, 2.45) is 0 Å². The quantitative estimate of drug-likeness (QED) is 0.254. The molecule has 6 atom stereocenters. The Labute approximate surface area is 231 Å². The highest BCUT2D eigenvalue weighted by molar-refractivity contribution is 7.52. The number of aliphatic hydroxyl groups excluding tert-OH is 1. The van der Waals surface area contributed by atoms with E-state index in [1.807, 2.05) is 0 Å². The number of benzene rings is 1. The van der Waals surface area contributed by atoms with Crippen LogP contribution >= 0.6 is 7.75 Å². The number of carbonyl (C=O) groups is 1. The lowest BCUT2D eigenvalue weighted by Gasteiger charge is -2.25. The number of esters is 1. The van der Waals surface area contributed by atoms with Crippen molar-refractivity contribution >= 4 is 30.7 Å². The van der Waals surface area contributed by atoms with Gasteiger partial charge in [0, 0.05) is 14.1 Å². The van der Waals surface area contributed by atoms with Gasteiger partial charge in [0.15, 0.2) is 28.9 Å². The van der Waals surface area contributed by atoms with Crippen molar-refractivity contribution in [3.63, 3.8) is 0 Å². The number of nitrogens with zero attached hydrogens (tertiary/aromatic N) is 5. The normalized spacial score (nSPS) is 24.9. The van der Waals surface area contributed by atoms with E-state index in [9.17, 15) is 14.5 Å². The zero-order valence-corrected chi connectivity index (χ0v) is 24.0. The van der Waals surface area contributed by atoms with Gasteiger partial charge in [-0.05, 0) is 39.8 Å². The van der Waals surface area contributed by atoms with Crippen molar-refractivity contribution < 1.29 is 37.4 Å².